The number of methoxy groups -OCH3 is 1. The summed E-state index contributed by atoms with van der Waals surface area (Å²) in [6, 6.07) is 7.13. The summed E-state index contributed by atoms with van der Waals surface area (Å²) in [5, 5.41) is 4.85. The number of ether oxygens (including phenoxy) is 5. The van der Waals surface area contributed by atoms with E-state index in [1.54, 1.807) is 24.1 Å². The second kappa shape index (κ2) is 13.6. The minimum Gasteiger partial charge on any atom is -0.495 e. The number of piperidine rings is 1. The van der Waals surface area contributed by atoms with Crippen LogP contribution in [0.15, 0.2) is 30.6 Å². The van der Waals surface area contributed by atoms with Gasteiger partial charge in [0, 0.05) is 44.1 Å². The fourth-order valence-corrected chi connectivity index (χ4v) is 5.61. The van der Waals surface area contributed by atoms with Crippen molar-refractivity contribution in [2.45, 2.75) is 58.2 Å². The summed E-state index contributed by atoms with van der Waals surface area (Å²) in [6.07, 6.45) is 4.42. The maximum atomic E-state index is 12.4. The van der Waals surface area contributed by atoms with Crippen LogP contribution >= 0.6 is 23.2 Å². The molecule has 2 fully saturated rings. The van der Waals surface area contributed by atoms with Gasteiger partial charge in [-0.25, -0.2) is 14.8 Å². The Morgan fingerprint density at radius 2 is 1.77 bits per heavy atom. The van der Waals surface area contributed by atoms with E-state index in [9.17, 15) is 4.79 Å². The van der Waals surface area contributed by atoms with E-state index in [4.69, 9.17) is 46.9 Å². The number of carbonyl (C=O) groups excluding carboxylic acids is 1. The maximum Gasteiger partial charge on any atom is 0.410 e. The van der Waals surface area contributed by atoms with E-state index in [-0.39, 0.29) is 12.2 Å². The summed E-state index contributed by atoms with van der Waals surface area (Å²) in [6.45, 7) is 8.71. The number of nitrogens with one attached hydrogen (secondary N) is 1. The highest BCUT2D eigenvalue weighted by molar-refractivity contribution is 6.37. The average Bonchev–Trinajstić information content (AvgIpc) is 2.97. The Balaban J connectivity index is 1.36. The van der Waals surface area contributed by atoms with Crippen molar-refractivity contribution >= 4 is 51.7 Å². The number of aromatic nitrogens is 2. The molecule has 2 aliphatic heterocycles. The maximum absolute atomic E-state index is 12.4. The lowest BCUT2D eigenvalue weighted by molar-refractivity contribution is 0.0163. The molecule has 2 aromatic carbocycles. The van der Waals surface area contributed by atoms with Gasteiger partial charge in [-0.2, -0.15) is 0 Å². The Morgan fingerprint density at radius 1 is 1.02 bits per heavy atom. The van der Waals surface area contributed by atoms with Crippen molar-refractivity contribution in [3.63, 3.8) is 0 Å². The molecule has 232 valence electrons. The average molecular weight is 634 g/mol. The molecule has 3 heterocycles. The zero-order valence-corrected chi connectivity index (χ0v) is 26.5. The van der Waals surface area contributed by atoms with E-state index in [0.29, 0.717) is 88.5 Å². The van der Waals surface area contributed by atoms with Crippen molar-refractivity contribution in [1.29, 1.82) is 0 Å². The lowest BCUT2D eigenvalue weighted by atomic mass is 9.98. The number of likely N-dealkylation sites (tertiary alicyclic amines) is 1. The third kappa shape index (κ3) is 8.04. The van der Waals surface area contributed by atoms with Crippen LogP contribution < -0.4 is 19.5 Å². The first-order valence-electron chi connectivity index (χ1n) is 14.5. The van der Waals surface area contributed by atoms with Gasteiger partial charge in [0.25, 0.3) is 0 Å². The summed E-state index contributed by atoms with van der Waals surface area (Å²) < 4.78 is 29.3. The van der Waals surface area contributed by atoms with Crippen LogP contribution in [0.2, 0.25) is 10.0 Å². The van der Waals surface area contributed by atoms with Crippen molar-refractivity contribution < 1.29 is 28.5 Å². The normalized spacial score (nSPS) is 16.7. The van der Waals surface area contributed by atoms with Gasteiger partial charge in [-0.3, -0.25) is 0 Å². The first-order chi connectivity index (χ1) is 20.6. The molecule has 0 unspecified atom stereocenters. The van der Waals surface area contributed by atoms with Crippen LogP contribution in [0.3, 0.4) is 0 Å². The number of hydrogen-bond acceptors (Lipinski definition) is 9. The van der Waals surface area contributed by atoms with Gasteiger partial charge >= 0.3 is 6.09 Å². The molecule has 1 aromatic heterocycles. The fourth-order valence-electron chi connectivity index (χ4n) is 5.11. The smallest absolute Gasteiger partial charge is 0.410 e. The second-order valence-electron chi connectivity index (χ2n) is 11.8. The van der Waals surface area contributed by atoms with Gasteiger partial charge in [-0.1, -0.05) is 23.2 Å². The van der Waals surface area contributed by atoms with E-state index in [1.807, 2.05) is 32.9 Å². The quantitative estimate of drug-likeness (QED) is 0.274. The molecule has 5 rings (SSSR count). The Labute approximate surface area is 261 Å². The summed E-state index contributed by atoms with van der Waals surface area (Å²) in [4.78, 5) is 23.3. The molecule has 12 heteroatoms. The molecule has 0 bridgehead atoms. The number of rotatable bonds is 8. The lowest BCUT2D eigenvalue weighted by Crippen LogP contribution is -2.42. The lowest BCUT2D eigenvalue weighted by Gasteiger charge is -2.33. The summed E-state index contributed by atoms with van der Waals surface area (Å²) >= 11 is 12.8. The Morgan fingerprint density at radius 3 is 2.47 bits per heavy atom. The molecule has 0 atom stereocenters. The third-order valence-electron chi connectivity index (χ3n) is 7.38. The number of nitrogens with zero attached hydrogens (tertiary/aromatic N) is 3. The molecule has 1 N–H and O–H groups in total. The number of hydrogen-bond donors (Lipinski definition) is 1. The zero-order valence-electron chi connectivity index (χ0n) is 25.0. The van der Waals surface area contributed by atoms with E-state index < -0.39 is 5.60 Å². The van der Waals surface area contributed by atoms with Crippen molar-refractivity contribution in [3.8, 4) is 17.2 Å². The van der Waals surface area contributed by atoms with Crippen molar-refractivity contribution in [2.75, 3.05) is 45.3 Å². The van der Waals surface area contributed by atoms with Gasteiger partial charge < -0.3 is 33.9 Å². The highest BCUT2D eigenvalue weighted by Gasteiger charge is 2.27. The molecule has 1 amide bonds. The molecule has 10 nitrogen and oxygen atoms in total. The Hall–Kier alpha value is -3.21. The molecule has 3 aromatic rings. The number of fused-ring (bicyclic) bond motifs is 1. The monoisotopic (exact) mass is 632 g/mol. The van der Waals surface area contributed by atoms with Gasteiger partial charge in [0.05, 0.1) is 53.6 Å². The molecular formula is C31H38Cl2N4O6. The van der Waals surface area contributed by atoms with Gasteiger partial charge in [0.1, 0.15) is 41.1 Å². The summed E-state index contributed by atoms with van der Waals surface area (Å²) in [5.74, 6) is 2.58. The van der Waals surface area contributed by atoms with E-state index in [1.165, 1.54) is 6.33 Å². The molecule has 2 saturated heterocycles. The Kier molecular flexibility index (Phi) is 9.88. The van der Waals surface area contributed by atoms with Crippen LogP contribution in [0.4, 0.5) is 16.3 Å². The predicted molar refractivity (Wildman–Crippen MR) is 166 cm³/mol. The molecular weight excluding hydrogens is 595 g/mol. The second-order valence-corrected chi connectivity index (χ2v) is 12.6. The number of amides is 1. The van der Waals surface area contributed by atoms with Crippen LogP contribution in [0.25, 0.3) is 10.9 Å². The summed E-state index contributed by atoms with van der Waals surface area (Å²) in [5.41, 5.74) is 0.733. The number of halogens is 2. The van der Waals surface area contributed by atoms with Crippen molar-refractivity contribution in [1.82, 2.24) is 14.9 Å². The van der Waals surface area contributed by atoms with E-state index in [2.05, 4.69) is 15.3 Å². The van der Waals surface area contributed by atoms with Crippen LogP contribution in [0, 0.1) is 5.92 Å². The van der Waals surface area contributed by atoms with Crippen LogP contribution in [0.1, 0.15) is 46.5 Å². The Bertz CT molecular complexity index is 1440. The predicted octanol–water partition coefficient (Wildman–Crippen LogP) is 7.27. The highest BCUT2D eigenvalue weighted by atomic mass is 35.5. The standard InChI is InChI=1S/C31H38Cl2N4O6/c1-31(2,3)43-30(38)37-9-5-19(6-10-37)17-41-21-13-25-28(27(14-21)42-20-7-11-40-12-8-20)29(35-18-34-25)36-24-16-26(39-4)23(33)15-22(24)32/h13-16,18-20H,5-12,17H2,1-4H3,(H,34,35,36). The summed E-state index contributed by atoms with van der Waals surface area (Å²) in [7, 11) is 1.55. The van der Waals surface area contributed by atoms with E-state index >= 15 is 0 Å². The highest BCUT2D eigenvalue weighted by Crippen LogP contribution is 2.40. The molecule has 0 spiro atoms. The first-order valence-corrected chi connectivity index (χ1v) is 15.3. The number of anilines is 2. The third-order valence-corrected chi connectivity index (χ3v) is 7.99. The molecule has 0 saturated carbocycles. The van der Waals surface area contributed by atoms with Gasteiger partial charge in [0.15, 0.2) is 0 Å². The number of carbonyl (C=O) groups is 1. The van der Waals surface area contributed by atoms with Crippen LogP contribution in [0.5, 0.6) is 17.2 Å². The molecule has 0 aliphatic carbocycles. The molecule has 0 radical (unpaired) electrons. The fraction of sp³-hybridized carbons (Fsp3) is 0.516. The zero-order chi connectivity index (χ0) is 30.6. The van der Waals surface area contributed by atoms with E-state index in [0.717, 1.165) is 25.7 Å². The van der Waals surface area contributed by atoms with Gasteiger partial charge in [-0.05, 0) is 45.6 Å². The van der Waals surface area contributed by atoms with Gasteiger partial charge in [0.2, 0.25) is 0 Å². The minimum absolute atomic E-state index is 0.0170. The first kappa shape index (κ1) is 31.2. The molecule has 2 aliphatic rings. The van der Waals surface area contributed by atoms with Crippen LogP contribution in [-0.2, 0) is 9.47 Å². The van der Waals surface area contributed by atoms with Gasteiger partial charge in [-0.15, -0.1) is 0 Å². The van der Waals surface area contributed by atoms with Crippen molar-refractivity contribution in [2.24, 2.45) is 5.92 Å². The number of benzene rings is 2. The minimum atomic E-state index is -0.509. The largest absolute Gasteiger partial charge is 0.495 e. The van der Waals surface area contributed by atoms with Crippen molar-refractivity contribution in [3.05, 3.63) is 40.6 Å². The molecule has 43 heavy (non-hydrogen) atoms. The SMILES string of the molecule is COc1cc(Nc2ncnc3cc(OCC4CCN(C(=O)OC(C)(C)C)CC4)cc(OC4CCOCC4)c23)c(Cl)cc1Cl. The van der Waals surface area contributed by atoms with Crippen LogP contribution in [-0.4, -0.2) is 72.7 Å². The topological polar surface area (TPSA) is 104 Å².